The summed E-state index contributed by atoms with van der Waals surface area (Å²) in [5.74, 6) is 0.251. The smallest absolute Gasteiger partial charge is 0.186 e. The van der Waals surface area contributed by atoms with Crippen LogP contribution in [0.4, 0.5) is 0 Å². The van der Waals surface area contributed by atoms with E-state index in [-0.39, 0.29) is 33.2 Å². The highest BCUT2D eigenvalue weighted by Gasteiger charge is 2.37. The summed E-state index contributed by atoms with van der Waals surface area (Å²) in [6, 6.07) is 30.8. The van der Waals surface area contributed by atoms with Gasteiger partial charge in [0.25, 0.3) is 0 Å². The van der Waals surface area contributed by atoms with Gasteiger partial charge in [-0.15, -0.1) is 34.0 Å². The first-order chi connectivity index (χ1) is 27.6. The Morgan fingerprint density at radius 2 is 0.712 bits per heavy atom. The van der Waals surface area contributed by atoms with Crippen LogP contribution in [0.3, 0.4) is 0 Å². The zero-order valence-electron chi connectivity index (χ0n) is 36.6. The van der Waals surface area contributed by atoms with Crippen molar-refractivity contribution in [2.24, 2.45) is 21.7 Å². The summed E-state index contributed by atoms with van der Waals surface area (Å²) >= 11 is 5.25. The molecule has 0 atom stereocenters. The molecule has 0 radical (unpaired) electrons. The summed E-state index contributed by atoms with van der Waals surface area (Å²) in [5.41, 5.74) is 10.8. The van der Waals surface area contributed by atoms with Gasteiger partial charge in [0, 0.05) is 52.9 Å². The van der Waals surface area contributed by atoms with Gasteiger partial charge in [-0.1, -0.05) is 144 Å². The minimum atomic E-state index is -0.346. The fraction of sp³-hybridized carbons (Fsp3) is 0.296. The van der Waals surface area contributed by atoms with Crippen molar-refractivity contribution in [3.8, 4) is 20.9 Å². The maximum atomic E-state index is 14.2. The SMILES string of the molecule is CC(C)(C)C1=CC(=C(c2ccc(-c3cccs3)cc2)c2ccc(C(=C3C=C(C(C)(C)C)C(=O)C(C(C)(C)C)=C3)c3ccc(-c4cccs4)cc3)s2)C=C(C(C)(C)C)C1=O. The molecule has 2 aromatic carbocycles. The van der Waals surface area contributed by atoms with E-state index < -0.39 is 0 Å². The van der Waals surface area contributed by atoms with E-state index in [1.165, 1.54) is 20.9 Å². The van der Waals surface area contributed by atoms with E-state index in [9.17, 15) is 9.59 Å². The van der Waals surface area contributed by atoms with Crippen molar-refractivity contribution in [3.05, 3.63) is 174 Å². The predicted molar refractivity (Wildman–Crippen MR) is 256 cm³/mol. The average Bonchev–Trinajstić information content (AvgIpc) is 3.97. The monoisotopic (exact) mass is 832 g/mol. The molecule has 59 heavy (non-hydrogen) atoms. The second-order valence-electron chi connectivity index (χ2n) is 19.8. The first kappa shape index (κ1) is 42.4. The van der Waals surface area contributed by atoms with Gasteiger partial charge in [-0.3, -0.25) is 9.59 Å². The Morgan fingerprint density at radius 1 is 0.407 bits per heavy atom. The van der Waals surface area contributed by atoms with Gasteiger partial charge in [-0.25, -0.2) is 0 Å². The number of Topliss-reactive ketones (excluding diaryl/α,β-unsaturated/α-hetero) is 2. The van der Waals surface area contributed by atoms with E-state index in [0.29, 0.717) is 0 Å². The topological polar surface area (TPSA) is 34.1 Å². The molecular weight excluding hydrogens is 777 g/mol. The molecule has 2 aliphatic rings. The number of carbonyl (C=O) groups excluding carboxylic acids is 2. The van der Waals surface area contributed by atoms with Crippen LogP contribution in [0.1, 0.15) is 104 Å². The molecule has 3 heterocycles. The molecule has 2 aliphatic carbocycles. The molecule has 3 aromatic heterocycles. The summed E-state index contributed by atoms with van der Waals surface area (Å²) in [6.07, 6.45) is 8.58. The van der Waals surface area contributed by atoms with E-state index in [0.717, 1.165) is 65.5 Å². The number of allylic oxidation sites excluding steroid dienone is 10. The first-order valence-corrected chi connectivity index (χ1v) is 23.0. The molecule has 0 N–H and O–H groups in total. The van der Waals surface area contributed by atoms with Crippen molar-refractivity contribution in [1.29, 1.82) is 0 Å². The number of hydrogen-bond acceptors (Lipinski definition) is 5. The molecule has 5 heteroatoms. The van der Waals surface area contributed by atoms with Gasteiger partial charge < -0.3 is 0 Å². The Bertz CT molecular complexity index is 2340. The Labute approximate surface area is 364 Å². The molecular formula is C54H56O2S3. The number of hydrogen-bond donors (Lipinski definition) is 0. The highest BCUT2D eigenvalue weighted by molar-refractivity contribution is 7.14. The van der Waals surface area contributed by atoms with Gasteiger partial charge in [-0.2, -0.15) is 0 Å². The average molecular weight is 833 g/mol. The fourth-order valence-electron chi connectivity index (χ4n) is 7.77. The van der Waals surface area contributed by atoms with Crippen molar-refractivity contribution < 1.29 is 9.59 Å². The van der Waals surface area contributed by atoms with Crippen LogP contribution in [0.2, 0.25) is 0 Å². The largest absolute Gasteiger partial charge is 0.289 e. The molecule has 2 nitrogen and oxygen atoms in total. The second kappa shape index (κ2) is 15.7. The van der Waals surface area contributed by atoms with Crippen LogP contribution in [0, 0.1) is 21.7 Å². The van der Waals surface area contributed by atoms with Crippen LogP contribution in [0.15, 0.2) is 153 Å². The lowest BCUT2D eigenvalue weighted by molar-refractivity contribution is -0.114. The van der Waals surface area contributed by atoms with E-state index in [1.54, 1.807) is 34.0 Å². The summed E-state index contributed by atoms with van der Waals surface area (Å²) in [5, 5.41) is 4.23. The maximum absolute atomic E-state index is 14.2. The molecule has 0 saturated heterocycles. The highest BCUT2D eigenvalue weighted by Crippen LogP contribution is 2.47. The van der Waals surface area contributed by atoms with Crippen molar-refractivity contribution in [2.45, 2.75) is 83.1 Å². The molecule has 0 fully saturated rings. The van der Waals surface area contributed by atoms with Gasteiger partial charge >= 0.3 is 0 Å². The Morgan fingerprint density at radius 3 is 0.966 bits per heavy atom. The normalized spacial score (nSPS) is 15.5. The zero-order valence-corrected chi connectivity index (χ0v) is 39.0. The van der Waals surface area contributed by atoms with Gasteiger partial charge in [-0.05, 0) is 114 Å². The standard InChI is InChI=1S/C54H56O2S3/c1-51(2,3)39-29-37(30-40(49(39)55)52(4,5)6)47(35-21-17-33(18-22-35)43-15-13-27-57-43)45-25-26-46(59-45)48(36-23-19-34(20-24-36)44-16-14-28-58-44)38-31-41(53(7,8)9)50(56)42(32-38)54(10,11)12/h13-32H,1-12H3. The van der Waals surface area contributed by atoms with Crippen molar-refractivity contribution in [2.75, 3.05) is 0 Å². The summed E-state index contributed by atoms with van der Waals surface area (Å²) in [6.45, 7) is 25.6. The number of thiophene rings is 3. The van der Waals surface area contributed by atoms with Crippen LogP contribution in [0.5, 0.6) is 0 Å². The van der Waals surface area contributed by atoms with Gasteiger partial charge in [0.15, 0.2) is 11.6 Å². The number of rotatable bonds is 6. The molecule has 0 aliphatic heterocycles. The van der Waals surface area contributed by atoms with Gasteiger partial charge in [0.05, 0.1) is 0 Å². The number of carbonyl (C=O) groups is 2. The quantitative estimate of drug-likeness (QED) is 0.171. The van der Waals surface area contributed by atoms with Crippen molar-refractivity contribution in [1.82, 2.24) is 0 Å². The third-order valence-corrected chi connectivity index (χ3v) is 14.0. The number of ketones is 2. The van der Waals surface area contributed by atoms with Crippen LogP contribution >= 0.6 is 34.0 Å². The molecule has 0 spiro atoms. The molecule has 7 rings (SSSR count). The lowest BCUT2D eigenvalue weighted by Gasteiger charge is -2.32. The highest BCUT2D eigenvalue weighted by atomic mass is 32.1. The second-order valence-corrected chi connectivity index (χ2v) is 22.8. The lowest BCUT2D eigenvalue weighted by atomic mass is 9.71. The van der Waals surface area contributed by atoms with Crippen molar-refractivity contribution in [3.63, 3.8) is 0 Å². The van der Waals surface area contributed by atoms with E-state index in [1.807, 2.05) is 0 Å². The van der Waals surface area contributed by atoms with Gasteiger partial charge in [0.2, 0.25) is 0 Å². The van der Waals surface area contributed by atoms with Crippen LogP contribution in [-0.4, -0.2) is 11.6 Å². The molecule has 0 unspecified atom stereocenters. The fourth-order valence-corrected chi connectivity index (χ4v) is 10.4. The molecule has 5 aromatic rings. The van der Waals surface area contributed by atoms with E-state index >= 15 is 0 Å². The van der Waals surface area contributed by atoms with Crippen LogP contribution in [-0.2, 0) is 9.59 Å². The minimum absolute atomic E-state index is 0.126. The Balaban J connectivity index is 1.51. The summed E-state index contributed by atoms with van der Waals surface area (Å²) in [4.78, 5) is 33.1. The maximum Gasteiger partial charge on any atom is 0.186 e. The zero-order chi connectivity index (χ0) is 42.7. The van der Waals surface area contributed by atoms with Crippen molar-refractivity contribution >= 4 is 56.7 Å². The lowest BCUT2D eigenvalue weighted by Crippen LogP contribution is -2.28. The number of benzene rings is 2. The van der Waals surface area contributed by atoms with Crippen LogP contribution < -0.4 is 0 Å². The summed E-state index contributed by atoms with van der Waals surface area (Å²) in [7, 11) is 0. The molecule has 302 valence electrons. The molecule has 0 amide bonds. The third kappa shape index (κ3) is 8.80. The molecule has 0 saturated carbocycles. The third-order valence-electron chi connectivity index (χ3n) is 11.0. The first-order valence-electron chi connectivity index (χ1n) is 20.5. The Kier molecular flexibility index (Phi) is 11.3. The van der Waals surface area contributed by atoms with E-state index in [2.05, 4.69) is 203 Å². The minimum Gasteiger partial charge on any atom is -0.289 e. The predicted octanol–water partition coefficient (Wildman–Crippen LogP) is 15.9. The summed E-state index contributed by atoms with van der Waals surface area (Å²) < 4.78 is 0. The van der Waals surface area contributed by atoms with E-state index in [4.69, 9.17) is 0 Å². The van der Waals surface area contributed by atoms with Gasteiger partial charge in [0.1, 0.15) is 0 Å². The molecule has 0 bridgehead atoms. The Hall–Kier alpha value is -4.68. The van der Waals surface area contributed by atoms with Crippen LogP contribution in [0.25, 0.3) is 32.0 Å².